The number of piperazine rings is 3. The molecule has 0 aliphatic carbocycles. The third-order valence-electron chi connectivity index (χ3n) is 22.1. The SMILES string of the molecule is COC(=O)c1cccc(C(=O)Nc2ccc(N3CCN(C(=O)Cc4c(Cl)cc(CN5CCCC5)cc4Cl)CC3)cc2)c1.Cc1cc(Cl)c(CC(=O)N2CCN(c3ccc(C(=O)Nc4cccc(N5CCCC5)c4)cc3)CC2)c(Cl)n1.O=C(Nc1cccc(N2CCCC2)c1)c1ccc(N2CCN(C(=O)Cc3c(Cl)cccc3Cl)CC2)cc1. The molecule has 0 saturated carbocycles. The van der Waals surface area contributed by atoms with Crippen LogP contribution in [-0.4, -0.2) is 191 Å². The molecular weight excluding hydrogens is 1600 g/mol. The number of anilines is 8. The van der Waals surface area contributed by atoms with E-state index in [1.807, 2.05) is 143 Å². The van der Waals surface area contributed by atoms with Crippen molar-refractivity contribution >= 4 is 157 Å². The molecule has 21 nitrogen and oxygen atoms in total. The topological polar surface area (TPSA) is 207 Å². The van der Waals surface area contributed by atoms with E-state index in [0.717, 1.165) is 110 Å². The number of likely N-dealkylation sites (tertiary alicyclic amines) is 1. The van der Waals surface area contributed by atoms with E-state index in [2.05, 4.69) is 62.5 Å². The van der Waals surface area contributed by atoms with Crippen molar-refractivity contribution in [1.82, 2.24) is 24.6 Å². The lowest BCUT2D eigenvalue weighted by Crippen LogP contribution is -2.49. The predicted molar refractivity (Wildman–Crippen MR) is 471 cm³/mol. The normalized spacial score (nSPS) is 15.6. The number of hydrogen-bond donors (Lipinski definition) is 3. The summed E-state index contributed by atoms with van der Waals surface area (Å²) in [6.07, 6.45) is 7.81. The number of carbonyl (C=O) groups is 7. The maximum absolute atomic E-state index is 13.1. The van der Waals surface area contributed by atoms with Crippen LogP contribution in [0.25, 0.3) is 0 Å². The highest BCUT2D eigenvalue weighted by atomic mass is 35.5. The standard InChI is InChI=1S/C32H34Cl2N4O4.C29H31Cl2N5O2.C29H30Cl2N4O2/c1-42-32(41)24-6-4-5-23(19-24)31(40)35-25-7-9-26(10-8-25)37-13-15-38(16-14-37)30(39)20-27-28(33)17-22(18-29(27)34)21-36-11-2-3-12-36;1-20-17-26(30)25(28(31)32-20)19-27(37)36-15-13-35(14-16-36)23-9-7-21(8-10-23)29(38)33-22-5-4-6-24(18-22)34-11-2-3-12-34;30-26-7-4-8-27(31)25(26)20-28(36)35-17-15-34(16-18-35)23-11-9-21(10-12-23)29(37)32-22-5-3-6-24(19-22)33-13-1-2-14-33/h4-10,17-19H,2-3,11-16,20-21H2,1H3,(H,35,40);4-10,17-18H,2-3,11-16,19H2,1H3,(H,33,38);3-12,19H,1-2,13-18,20H2,(H,32,37). The van der Waals surface area contributed by atoms with E-state index < -0.39 is 5.97 Å². The Morgan fingerprint density at radius 1 is 0.342 bits per heavy atom. The Labute approximate surface area is 713 Å². The number of halogens is 6. The van der Waals surface area contributed by atoms with E-state index in [9.17, 15) is 33.6 Å². The van der Waals surface area contributed by atoms with Gasteiger partial charge in [-0.3, -0.25) is 33.7 Å². The Hall–Kier alpha value is -10.1. The van der Waals surface area contributed by atoms with Crippen LogP contribution in [0, 0.1) is 6.92 Å². The van der Waals surface area contributed by atoms with Crippen LogP contribution in [0.3, 0.4) is 0 Å². The van der Waals surface area contributed by atoms with Gasteiger partial charge in [-0.2, -0.15) is 0 Å². The number of aryl methyl sites for hydroxylation is 1. The van der Waals surface area contributed by atoms with Crippen LogP contribution in [0.5, 0.6) is 0 Å². The van der Waals surface area contributed by atoms with Crippen molar-refractivity contribution in [2.24, 2.45) is 0 Å². The zero-order valence-electron chi connectivity index (χ0n) is 65.6. The molecule has 117 heavy (non-hydrogen) atoms. The molecular formula is C90H95Cl6N13O8. The molecule has 15 rings (SSSR count). The molecule has 9 aromatic rings. The van der Waals surface area contributed by atoms with Gasteiger partial charge in [-0.05, 0) is 233 Å². The van der Waals surface area contributed by atoms with Gasteiger partial charge in [0.2, 0.25) is 17.7 Å². The van der Waals surface area contributed by atoms with Crippen molar-refractivity contribution in [2.75, 3.05) is 165 Å². The second kappa shape index (κ2) is 40.4. The predicted octanol–water partition coefficient (Wildman–Crippen LogP) is 16.7. The highest BCUT2D eigenvalue weighted by molar-refractivity contribution is 6.37. The molecule has 0 radical (unpaired) electrons. The molecule has 7 heterocycles. The van der Waals surface area contributed by atoms with Gasteiger partial charge in [0.1, 0.15) is 5.15 Å². The maximum atomic E-state index is 13.1. The van der Waals surface area contributed by atoms with E-state index in [-0.39, 0.29) is 59.9 Å². The first kappa shape index (κ1) is 84.8. The first-order valence-electron chi connectivity index (χ1n) is 39.8. The molecule has 3 N–H and O–H groups in total. The summed E-state index contributed by atoms with van der Waals surface area (Å²) in [5, 5.41) is 11.8. The number of esters is 1. The van der Waals surface area contributed by atoms with Crippen LogP contribution in [0.4, 0.5) is 45.5 Å². The minimum Gasteiger partial charge on any atom is -0.465 e. The molecule has 0 spiro atoms. The summed E-state index contributed by atoms with van der Waals surface area (Å²) >= 11 is 38.2. The fourth-order valence-electron chi connectivity index (χ4n) is 15.5. The maximum Gasteiger partial charge on any atom is 0.337 e. The van der Waals surface area contributed by atoms with Gasteiger partial charge in [-0.15, -0.1) is 0 Å². The van der Waals surface area contributed by atoms with Crippen molar-refractivity contribution < 1.29 is 38.3 Å². The summed E-state index contributed by atoms with van der Waals surface area (Å²) in [7, 11) is 1.30. The van der Waals surface area contributed by atoms with E-state index in [0.29, 0.717) is 135 Å². The van der Waals surface area contributed by atoms with E-state index >= 15 is 0 Å². The van der Waals surface area contributed by atoms with E-state index in [1.165, 1.54) is 51.7 Å². The van der Waals surface area contributed by atoms with Crippen molar-refractivity contribution in [3.63, 3.8) is 0 Å². The number of hydrogen-bond acceptors (Lipinski definition) is 15. The van der Waals surface area contributed by atoms with Gasteiger partial charge in [0.05, 0.1) is 31.9 Å². The Kier molecular flexibility index (Phi) is 29.3. The summed E-state index contributed by atoms with van der Waals surface area (Å²) in [5.41, 5.74) is 13.2. The third-order valence-corrected chi connectivity index (χ3v) is 24.1. The average molecular weight is 1700 g/mol. The van der Waals surface area contributed by atoms with Crippen LogP contribution in [0.1, 0.15) is 108 Å². The number of aromatic nitrogens is 1. The van der Waals surface area contributed by atoms with Crippen molar-refractivity contribution in [3.05, 3.63) is 262 Å². The van der Waals surface area contributed by atoms with Crippen LogP contribution in [0.15, 0.2) is 182 Å². The lowest BCUT2D eigenvalue weighted by molar-refractivity contribution is -0.131. The number of carbonyl (C=O) groups excluding carboxylic acids is 7. The van der Waals surface area contributed by atoms with Gasteiger partial charge in [-0.1, -0.05) is 93.9 Å². The first-order valence-corrected chi connectivity index (χ1v) is 42.1. The smallest absolute Gasteiger partial charge is 0.337 e. The fourth-order valence-corrected chi connectivity index (χ4v) is 17.3. The van der Waals surface area contributed by atoms with Gasteiger partial charge < -0.3 is 59.9 Å². The number of benzene rings is 8. The summed E-state index contributed by atoms with van der Waals surface area (Å²) < 4.78 is 4.73. The fraction of sp³-hybridized carbons (Fsp3) is 0.333. The highest BCUT2D eigenvalue weighted by Gasteiger charge is 2.29. The Bertz CT molecular complexity index is 4950. The molecule has 0 atom stereocenters. The molecule has 610 valence electrons. The molecule has 0 unspecified atom stereocenters. The second-order valence-corrected chi connectivity index (χ2v) is 32.3. The summed E-state index contributed by atoms with van der Waals surface area (Å²) in [6, 6.07) is 56.2. The number of nitrogens with zero attached hydrogens (tertiary/aromatic N) is 10. The lowest BCUT2D eigenvalue weighted by Gasteiger charge is -2.36. The molecule has 6 aliphatic heterocycles. The van der Waals surface area contributed by atoms with Crippen LogP contribution in [0.2, 0.25) is 30.3 Å². The zero-order chi connectivity index (χ0) is 82.1. The molecule has 0 bridgehead atoms. The molecule has 8 aromatic carbocycles. The number of rotatable bonds is 20. The van der Waals surface area contributed by atoms with Crippen molar-refractivity contribution in [3.8, 4) is 0 Å². The highest BCUT2D eigenvalue weighted by Crippen LogP contribution is 2.34. The average Bonchev–Trinajstić information content (AvgIpc) is 1.51. The molecule has 6 fully saturated rings. The number of amides is 6. The van der Waals surface area contributed by atoms with Gasteiger partial charge in [0, 0.05) is 210 Å². The number of ether oxygens (including phenoxy) is 1. The molecule has 6 amide bonds. The minimum absolute atomic E-state index is 0.0140. The van der Waals surface area contributed by atoms with Gasteiger partial charge in [0.15, 0.2) is 0 Å². The second-order valence-electron chi connectivity index (χ2n) is 29.9. The zero-order valence-corrected chi connectivity index (χ0v) is 70.2. The van der Waals surface area contributed by atoms with Gasteiger partial charge in [-0.25, -0.2) is 9.78 Å². The molecule has 6 saturated heterocycles. The van der Waals surface area contributed by atoms with Crippen molar-refractivity contribution in [2.45, 2.75) is 71.3 Å². The monoisotopic (exact) mass is 1700 g/mol. The van der Waals surface area contributed by atoms with Gasteiger partial charge in [0.25, 0.3) is 17.7 Å². The van der Waals surface area contributed by atoms with Crippen LogP contribution < -0.4 is 40.4 Å². The number of pyridine rings is 1. The lowest BCUT2D eigenvalue weighted by atomic mass is 10.1. The van der Waals surface area contributed by atoms with E-state index in [4.69, 9.17) is 74.3 Å². The Morgan fingerprint density at radius 2 is 0.701 bits per heavy atom. The van der Waals surface area contributed by atoms with Gasteiger partial charge >= 0.3 is 5.97 Å². The summed E-state index contributed by atoms with van der Waals surface area (Å²) in [6.45, 7) is 16.9. The Morgan fingerprint density at radius 3 is 1.14 bits per heavy atom. The van der Waals surface area contributed by atoms with Crippen LogP contribution >= 0.6 is 69.6 Å². The number of methoxy groups -OCH3 is 1. The van der Waals surface area contributed by atoms with E-state index in [1.54, 1.807) is 42.5 Å². The third kappa shape index (κ3) is 22.6. The molecule has 6 aliphatic rings. The van der Waals surface area contributed by atoms with Crippen LogP contribution in [-0.2, 0) is 44.9 Å². The molecule has 27 heteroatoms. The minimum atomic E-state index is -0.495. The summed E-state index contributed by atoms with van der Waals surface area (Å²) in [5.74, 6) is -1.05. The quantitative estimate of drug-likeness (QED) is 0.0479. The molecule has 1 aromatic heterocycles. The first-order chi connectivity index (χ1) is 56.6. The largest absolute Gasteiger partial charge is 0.465 e. The Balaban J connectivity index is 0.000000153. The number of nitrogens with one attached hydrogen (secondary N) is 3. The summed E-state index contributed by atoms with van der Waals surface area (Å²) in [4.78, 5) is 113. The van der Waals surface area contributed by atoms with Crippen molar-refractivity contribution in [1.29, 1.82) is 0 Å².